The van der Waals surface area contributed by atoms with Crippen LogP contribution in [0.2, 0.25) is 0 Å². The second-order valence-electron chi connectivity index (χ2n) is 5.21. The first-order valence-corrected chi connectivity index (χ1v) is 7.91. The first-order chi connectivity index (χ1) is 9.81. The van der Waals surface area contributed by atoms with Gasteiger partial charge in [-0.1, -0.05) is 13.3 Å². The van der Waals surface area contributed by atoms with Crippen molar-refractivity contribution in [1.82, 2.24) is 5.32 Å². The third-order valence-corrected chi connectivity index (χ3v) is 3.95. The lowest BCUT2D eigenvalue weighted by Crippen LogP contribution is -2.32. The Bertz CT molecular complexity index is 518. The van der Waals surface area contributed by atoms with Gasteiger partial charge in [-0.2, -0.15) is 0 Å². The minimum atomic E-state index is -0.796. The molecule has 0 spiro atoms. The molecule has 6 heteroatoms. The lowest BCUT2D eigenvalue weighted by molar-refractivity contribution is -0.141. The lowest BCUT2D eigenvalue weighted by atomic mass is 10.0. The van der Waals surface area contributed by atoms with Crippen LogP contribution >= 0.6 is 22.6 Å². The van der Waals surface area contributed by atoms with Gasteiger partial charge in [0.05, 0.1) is 11.5 Å². The molecule has 0 radical (unpaired) electrons. The van der Waals surface area contributed by atoms with Crippen LogP contribution in [0.4, 0.5) is 0 Å². The second-order valence-corrected chi connectivity index (χ2v) is 6.45. The smallest absolute Gasteiger partial charge is 0.306 e. The predicted octanol–water partition coefficient (Wildman–Crippen LogP) is 3.01. The van der Waals surface area contributed by atoms with Gasteiger partial charge in [0.2, 0.25) is 0 Å². The fourth-order valence-corrected chi connectivity index (χ4v) is 2.41. The SMILES string of the molecule is CC(CCCC(C)C(=O)O)NC(=O)c1cc(I)ccc1O. The van der Waals surface area contributed by atoms with Gasteiger partial charge in [-0.25, -0.2) is 0 Å². The molecule has 0 heterocycles. The Kier molecular flexibility index (Phi) is 6.94. The number of benzene rings is 1. The Morgan fingerprint density at radius 1 is 1.29 bits per heavy atom. The summed E-state index contributed by atoms with van der Waals surface area (Å²) in [6.45, 7) is 3.55. The van der Waals surface area contributed by atoms with Crippen molar-refractivity contribution < 1.29 is 19.8 Å². The van der Waals surface area contributed by atoms with Crippen LogP contribution < -0.4 is 5.32 Å². The largest absolute Gasteiger partial charge is 0.507 e. The summed E-state index contributed by atoms with van der Waals surface area (Å²) < 4.78 is 0.874. The minimum Gasteiger partial charge on any atom is -0.507 e. The number of carbonyl (C=O) groups is 2. The van der Waals surface area contributed by atoms with E-state index in [2.05, 4.69) is 27.9 Å². The molecule has 2 unspecified atom stereocenters. The van der Waals surface area contributed by atoms with E-state index in [0.29, 0.717) is 12.8 Å². The molecular weight excluding hydrogens is 385 g/mol. The van der Waals surface area contributed by atoms with E-state index in [0.717, 1.165) is 9.99 Å². The highest BCUT2D eigenvalue weighted by Crippen LogP contribution is 2.20. The molecule has 0 saturated heterocycles. The van der Waals surface area contributed by atoms with Crippen LogP contribution in [0.5, 0.6) is 5.75 Å². The van der Waals surface area contributed by atoms with E-state index in [4.69, 9.17) is 5.11 Å². The quantitative estimate of drug-likeness (QED) is 0.609. The van der Waals surface area contributed by atoms with Gasteiger partial charge in [0.25, 0.3) is 5.91 Å². The van der Waals surface area contributed by atoms with Gasteiger partial charge in [-0.05, 0) is 60.6 Å². The van der Waals surface area contributed by atoms with Crippen molar-refractivity contribution in [3.8, 4) is 5.75 Å². The molecule has 0 aliphatic rings. The molecule has 0 saturated carbocycles. The van der Waals surface area contributed by atoms with E-state index in [1.54, 1.807) is 19.1 Å². The van der Waals surface area contributed by atoms with E-state index in [9.17, 15) is 14.7 Å². The van der Waals surface area contributed by atoms with Gasteiger partial charge in [0.15, 0.2) is 0 Å². The summed E-state index contributed by atoms with van der Waals surface area (Å²) in [7, 11) is 0. The van der Waals surface area contributed by atoms with Crippen molar-refractivity contribution in [2.45, 2.75) is 39.2 Å². The third-order valence-electron chi connectivity index (χ3n) is 3.28. The number of hydrogen-bond acceptors (Lipinski definition) is 3. The van der Waals surface area contributed by atoms with Crippen LogP contribution in [0, 0.1) is 9.49 Å². The van der Waals surface area contributed by atoms with Crippen LogP contribution in [0.3, 0.4) is 0 Å². The first-order valence-electron chi connectivity index (χ1n) is 6.83. The fraction of sp³-hybridized carbons (Fsp3) is 0.467. The van der Waals surface area contributed by atoms with Gasteiger partial charge in [-0.3, -0.25) is 9.59 Å². The van der Waals surface area contributed by atoms with Crippen molar-refractivity contribution in [2.24, 2.45) is 5.92 Å². The molecule has 1 aromatic rings. The number of rotatable bonds is 7. The van der Waals surface area contributed by atoms with E-state index in [1.807, 2.05) is 6.92 Å². The molecule has 5 nitrogen and oxygen atoms in total. The standard InChI is InChI=1S/C15H20INO4/c1-9(15(20)21)4-3-5-10(2)17-14(19)12-8-11(16)6-7-13(12)18/h6-10,18H,3-5H2,1-2H3,(H,17,19)(H,20,21). The summed E-state index contributed by atoms with van der Waals surface area (Å²) in [6.07, 6.45) is 2.02. The van der Waals surface area contributed by atoms with Gasteiger partial charge < -0.3 is 15.5 Å². The van der Waals surface area contributed by atoms with Gasteiger partial charge >= 0.3 is 5.97 Å². The van der Waals surface area contributed by atoms with Gasteiger partial charge in [-0.15, -0.1) is 0 Å². The van der Waals surface area contributed by atoms with Crippen LogP contribution in [-0.4, -0.2) is 28.1 Å². The number of phenolic OH excluding ortho intramolecular Hbond substituents is 1. The molecule has 116 valence electrons. The maximum absolute atomic E-state index is 12.1. The molecule has 1 aromatic carbocycles. The summed E-state index contributed by atoms with van der Waals surface area (Å²) in [6, 6.07) is 4.78. The number of nitrogens with one attached hydrogen (secondary N) is 1. The highest BCUT2D eigenvalue weighted by atomic mass is 127. The number of amides is 1. The van der Waals surface area contributed by atoms with Gasteiger partial charge in [0, 0.05) is 9.61 Å². The highest BCUT2D eigenvalue weighted by Gasteiger charge is 2.15. The van der Waals surface area contributed by atoms with Gasteiger partial charge in [0.1, 0.15) is 5.75 Å². The second kappa shape index (κ2) is 8.21. The maximum atomic E-state index is 12.1. The average molecular weight is 405 g/mol. The zero-order valence-electron chi connectivity index (χ0n) is 12.1. The number of aliphatic carboxylic acids is 1. The number of carbonyl (C=O) groups excluding carboxylic acids is 1. The predicted molar refractivity (Wildman–Crippen MR) is 88.4 cm³/mol. The van der Waals surface area contributed by atoms with Crippen molar-refractivity contribution in [1.29, 1.82) is 0 Å². The Hall–Kier alpha value is -1.31. The molecular formula is C15H20INO4. The highest BCUT2D eigenvalue weighted by molar-refractivity contribution is 14.1. The van der Waals surface area contributed by atoms with E-state index in [1.165, 1.54) is 6.07 Å². The molecule has 1 rings (SSSR count). The van der Waals surface area contributed by atoms with Crippen molar-refractivity contribution >= 4 is 34.5 Å². The monoisotopic (exact) mass is 405 g/mol. The Morgan fingerprint density at radius 2 is 1.95 bits per heavy atom. The summed E-state index contributed by atoms with van der Waals surface area (Å²) in [4.78, 5) is 22.8. The molecule has 0 aliphatic carbocycles. The van der Waals surface area contributed by atoms with Crippen molar-refractivity contribution in [3.05, 3.63) is 27.3 Å². The maximum Gasteiger partial charge on any atom is 0.306 e. The number of phenols is 1. The van der Waals surface area contributed by atoms with E-state index < -0.39 is 5.97 Å². The van der Waals surface area contributed by atoms with E-state index >= 15 is 0 Å². The molecule has 0 aliphatic heterocycles. The number of hydrogen-bond donors (Lipinski definition) is 3. The van der Waals surface area contributed by atoms with Crippen LogP contribution in [0.25, 0.3) is 0 Å². The Morgan fingerprint density at radius 3 is 2.57 bits per heavy atom. The Labute approximate surface area is 137 Å². The summed E-state index contributed by atoms with van der Waals surface area (Å²) in [5.74, 6) is -1.52. The number of aromatic hydroxyl groups is 1. The normalized spacial score (nSPS) is 13.5. The van der Waals surface area contributed by atoms with Crippen LogP contribution in [0.15, 0.2) is 18.2 Å². The molecule has 21 heavy (non-hydrogen) atoms. The number of carboxylic acids is 1. The zero-order chi connectivity index (χ0) is 16.0. The molecule has 3 N–H and O–H groups in total. The summed E-state index contributed by atoms with van der Waals surface area (Å²) in [5, 5.41) is 21.3. The number of carboxylic acid groups (broad SMARTS) is 1. The first kappa shape index (κ1) is 17.7. The summed E-state index contributed by atoms with van der Waals surface area (Å²) >= 11 is 2.08. The van der Waals surface area contributed by atoms with Crippen LogP contribution in [0.1, 0.15) is 43.5 Å². The molecule has 1 amide bonds. The van der Waals surface area contributed by atoms with E-state index in [-0.39, 0.29) is 29.2 Å². The summed E-state index contributed by atoms with van der Waals surface area (Å²) in [5.41, 5.74) is 0.257. The molecule has 0 bridgehead atoms. The molecule has 0 aromatic heterocycles. The fourth-order valence-electron chi connectivity index (χ4n) is 1.92. The molecule has 2 atom stereocenters. The molecule has 0 fully saturated rings. The lowest BCUT2D eigenvalue weighted by Gasteiger charge is -2.15. The topological polar surface area (TPSA) is 86.6 Å². The third kappa shape index (κ3) is 5.91. The minimum absolute atomic E-state index is 0.0420. The Balaban J connectivity index is 2.47. The number of halogens is 1. The average Bonchev–Trinajstić information content (AvgIpc) is 2.41. The van der Waals surface area contributed by atoms with Crippen LogP contribution in [-0.2, 0) is 4.79 Å². The zero-order valence-corrected chi connectivity index (χ0v) is 14.3. The van der Waals surface area contributed by atoms with Crippen molar-refractivity contribution in [3.63, 3.8) is 0 Å². The van der Waals surface area contributed by atoms with Crippen molar-refractivity contribution in [2.75, 3.05) is 0 Å².